The number of halogens is 3. The zero-order chi connectivity index (χ0) is 22.4. The molecule has 31 heavy (non-hydrogen) atoms. The fourth-order valence-electron chi connectivity index (χ4n) is 3.09. The lowest BCUT2D eigenvalue weighted by Gasteiger charge is -2.22. The van der Waals surface area contributed by atoms with Crippen molar-refractivity contribution in [2.24, 2.45) is 0 Å². The molecule has 0 radical (unpaired) electrons. The standard InChI is InChI=1S/C22H20F3N3O3/c23-22(24,25)12-19(28-17-11-16-3-1-2-4-18(16)27-13-17)14-5-7-15(8-6-14)21(31)26-10-9-20(29)30/h1-8,11,13,19,28H,9-10,12H2,(H,26,31)(H,29,30). The monoisotopic (exact) mass is 431 g/mol. The molecule has 2 aromatic carbocycles. The van der Waals surface area contributed by atoms with Gasteiger partial charge in [0, 0.05) is 17.5 Å². The van der Waals surface area contributed by atoms with E-state index in [2.05, 4.69) is 15.6 Å². The maximum Gasteiger partial charge on any atom is 0.391 e. The number of hydrogen-bond acceptors (Lipinski definition) is 4. The number of anilines is 1. The number of fused-ring (bicyclic) bond motifs is 1. The average Bonchev–Trinajstić information content (AvgIpc) is 2.72. The van der Waals surface area contributed by atoms with Crippen molar-refractivity contribution in [3.63, 3.8) is 0 Å². The van der Waals surface area contributed by atoms with Gasteiger partial charge in [0.25, 0.3) is 5.91 Å². The molecule has 0 fully saturated rings. The fraction of sp³-hybridized carbons (Fsp3) is 0.227. The first kappa shape index (κ1) is 22.1. The van der Waals surface area contributed by atoms with E-state index in [-0.39, 0.29) is 18.5 Å². The van der Waals surface area contributed by atoms with Crippen LogP contribution in [0.25, 0.3) is 10.9 Å². The van der Waals surface area contributed by atoms with Crippen molar-refractivity contribution >= 4 is 28.5 Å². The molecule has 0 aliphatic heterocycles. The molecule has 3 rings (SSSR count). The van der Waals surface area contributed by atoms with E-state index in [9.17, 15) is 22.8 Å². The smallest absolute Gasteiger partial charge is 0.391 e. The summed E-state index contributed by atoms with van der Waals surface area (Å²) in [5.41, 5.74) is 1.77. The molecule has 6 nitrogen and oxygen atoms in total. The number of hydrogen-bond donors (Lipinski definition) is 3. The minimum absolute atomic E-state index is 0.0386. The summed E-state index contributed by atoms with van der Waals surface area (Å²) in [4.78, 5) is 26.8. The first-order valence-corrected chi connectivity index (χ1v) is 9.49. The number of amides is 1. The van der Waals surface area contributed by atoms with Crippen molar-refractivity contribution in [1.82, 2.24) is 10.3 Å². The van der Waals surface area contributed by atoms with Crippen molar-refractivity contribution in [3.05, 3.63) is 71.9 Å². The lowest BCUT2D eigenvalue weighted by molar-refractivity contribution is -0.138. The molecule has 0 aliphatic carbocycles. The minimum Gasteiger partial charge on any atom is -0.481 e. The van der Waals surface area contributed by atoms with Crippen LogP contribution in [-0.2, 0) is 4.79 Å². The number of aliphatic carboxylic acids is 1. The lowest BCUT2D eigenvalue weighted by atomic mass is 10.0. The van der Waals surface area contributed by atoms with Gasteiger partial charge in [0.1, 0.15) is 0 Å². The quantitative estimate of drug-likeness (QED) is 0.487. The Morgan fingerprint density at radius 2 is 1.77 bits per heavy atom. The van der Waals surface area contributed by atoms with E-state index >= 15 is 0 Å². The molecule has 3 aromatic rings. The van der Waals surface area contributed by atoms with Gasteiger partial charge in [-0.1, -0.05) is 30.3 Å². The highest BCUT2D eigenvalue weighted by molar-refractivity contribution is 5.94. The number of aromatic nitrogens is 1. The van der Waals surface area contributed by atoms with E-state index in [0.29, 0.717) is 11.3 Å². The van der Waals surface area contributed by atoms with Crippen molar-refractivity contribution in [2.75, 3.05) is 11.9 Å². The van der Waals surface area contributed by atoms with Gasteiger partial charge in [-0.25, -0.2) is 0 Å². The Morgan fingerprint density at radius 1 is 1.06 bits per heavy atom. The van der Waals surface area contributed by atoms with Crippen molar-refractivity contribution < 1.29 is 27.9 Å². The van der Waals surface area contributed by atoms with Gasteiger partial charge >= 0.3 is 12.1 Å². The van der Waals surface area contributed by atoms with Crippen LogP contribution >= 0.6 is 0 Å². The van der Waals surface area contributed by atoms with E-state index in [4.69, 9.17) is 5.11 Å². The molecule has 3 N–H and O–H groups in total. The second-order valence-electron chi connectivity index (χ2n) is 6.95. The van der Waals surface area contributed by atoms with Crippen LogP contribution in [0, 0.1) is 0 Å². The number of para-hydroxylation sites is 1. The largest absolute Gasteiger partial charge is 0.481 e. The summed E-state index contributed by atoms with van der Waals surface area (Å²) in [6.45, 7) is -0.0386. The molecular weight excluding hydrogens is 411 g/mol. The highest BCUT2D eigenvalue weighted by atomic mass is 19.4. The summed E-state index contributed by atoms with van der Waals surface area (Å²) in [5, 5.41) is 14.8. The van der Waals surface area contributed by atoms with Crippen LogP contribution < -0.4 is 10.6 Å². The Labute approximate surface area is 176 Å². The summed E-state index contributed by atoms with van der Waals surface area (Å²) >= 11 is 0. The number of alkyl halides is 3. The third-order valence-corrected chi connectivity index (χ3v) is 4.57. The van der Waals surface area contributed by atoms with Gasteiger partial charge in [-0.2, -0.15) is 13.2 Å². The maximum atomic E-state index is 13.2. The highest BCUT2D eigenvalue weighted by Crippen LogP contribution is 2.32. The molecule has 0 saturated heterocycles. The lowest BCUT2D eigenvalue weighted by Crippen LogP contribution is -2.26. The molecule has 0 saturated carbocycles. The molecule has 0 bridgehead atoms. The number of pyridine rings is 1. The zero-order valence-electron chi connectivity index (χ0n) is 16.3. The number of rotatable bonds is 8. The van der Waals surface area contributed by atoms with Gasteiger partial charge < -0.3 is 15.7 Å². The Hall–Kier alpha value is -3.62. The SMILES string of the molecule is O=C(O)CCNC(=O)c1ccc(C(CC(F)(F)F)Nc2cnc3ccccc3c2)cc1. The summed E-state index contributed by atoms with van der Waals surface area (Å²) in [6, 6.07) is 13.7. The molecular formula is C22H20F3N3O3. The second kappa shape index (κ2) is 9.46. The second-order valence-corrected chi connectivity index (χ2v) is 6.95. The predicted octanol–water partition coefficient (Wildman–Crippen LogP) is 4.54. The number of carbonyl (C=O) groups excluding carboxylic acids is 1. The number of benzene rings is 2. The average molecular weight is 431 g/mol. The molecule has 1 unspecified atom stereocenters. The van der Waals surface area contributed by atoms with E-state index in [1.807, 2.05) is 24.3 Å². The number of carbonyl (C=O) groups is 2. The topological polar surface area (TPSA) is 91.3 Å². The van der Waals surface area contributed by atoms with Gasteiger partial charge in [-0.15, -0.1) is 0 Å². The van der Waals surface area contributed by atoms with Crippen LogP contribution in [0.2, 0.25) is 0 Å². The number of carboxylic acids is 1. The predicted molar refractivity (Wildman–Crippen MR) is 110 cm³/mol. The van der Waals surface area contributed by atoms with E-state index in [1.165, 1.54) is 30.5 Å². The third kappa shape index (κ3) is 6.43. The fourth-order valence-corrected chi connectivity index (χ4v) is 3.09. The van der Waals surface area contributed by atoms with Gasteiger partial charge in [0.2, 0.25) is 0 Å². The first-order chi connectivity index (χ1) is 14.7. The van der Waals surface area contributed by atoms with Gasteiger partial charge in [-0.05, 0) is 29.8 Å². The van der Waals surface area contributed by atoms with Crippen molar-refractivity contribution in [2.45, 2.75) is 25.1 Å². The Kier molecular flexibility index (Phi) is 6.74. The first-order valence-electron chi connectivity index (χ1n) is 9.49. The van der Waals surface area contributed by atoms with Crippen LogP contribution in [0.3, 0.4) is 0 Å². The summed E-state index contributed by atoms with van der Waals surface area (Å²) in [7, 11) is 0. The Balaban J connectivity index is 1.77. The van der Waals surface area contributed by atoms with Crippen LogP contribution in [0.5, 0.6) is 0 Å². The Bertz CT molecular complexity index is 1070. The molecule has 0 spiro atoms. The summed E-state index contributed by atoms with van der Waals surface area (Å²) in [6.07, 6.45) is -4.25. The van der Waals surface area contributed by atoms with Crippen molar-refractivity contribution in [3.8, 4) is 0 Å². The molecule has 1 atom stereocenters. The summed E-state index contributed by atoms with van der Waals surface area (Å²) < 4.78 is 39.6. The van der Waals surface area contributed by atoms with Gasteiger partial charge in [0.05, 0.1) is 36.3 Å². The number of nitrogens with one attached hydrogen (secondary N) is 2. The maximum absolute atomic E-state index is 13.2. The summed E-state index contributed by atoms with van der Waals surface area (Å²) in [5.74, 6) is -1.54. The van der Waals surface area contributed by atoms with Crippen LogP contribution in [0.4, 0.5) is 18.9 Å². The van der Waals surface area contributed by atoms with Gasteiger partial charge in [-0.3, -0.25) is 14.6 Å². The van der Waals surface area contributed by atoms with Gasteiger partial charge in [0.15, 0.2) is 0 Å². The molecule has 1 amide bonds. The third-order valence-electron chi connectivity index (χ3n) is 4.57. The normalized spacial score (nSPS) is 12.4. The molecule has 1 heterocycles. The minimum atomic E-state index is -4.41. The highest BCUT2D eigenvalue weighted by Gasteiger charge is 2.33. The molecule has 162 valence electrons. The molecule has 9 heteroatoms. The van der Waals surface area contributed by atoms with E-state index in [1.54, 1.807) is 6.07 Å². The zero-order valence-corrected chi connectivity index (χ0v) is 16.3. The van der Waals surface area contributed by atoms with E-state index in [0.717, 1.165) is 10.9 Å². The molecule has 0 aliphatic rings. The number of carboxylic acid groups (broad SMARTS) is 1. The van der Waals surface area contributed by atoms with E-state index < -0.39 is 30.5 Å². The van der Waals surface area contributed by atoms with Crippen LogP contribution in [0.1, 0.15) is 34.8 Å². The van der Waals surface area contributed by atoms with Crippen molar-refractivity contribution in [1.29, 1.82) is 0 Å². The number of nitrogens with zero attached hydrogens (tertiary/aromatic N) is 1. The Morgan fingerprint density at radius 3 is 2.45 bits per heavy atom. The molecule has 1 aromatic heterocycles. The van der Waals surface area contributed by atoms with Crippen LogP contribution in [0.15, 0.2) is 60.8 Å². The van der Waals surface area contributed by atoms with Crippen LogP contribution in [-0.4, -0.2) is 34.7 Å².